The summed E-state index contributed by atoms with van der Waals surface area (Å²) in [6, 6.07) is 6.09. The molecule has 1 aromatic carbocycles. The second-order valence-electron chi connectivity index (χ2n) is 3.41. The third-order valence-electron chi connectivity index (χ3n) is 2.52. The van der Waals surface area contributed by atoms with E-state index < -0.39 is 0 Å². The molecule has 0 aliphatic carbocycles. The molecule has 0 spiro atoms. The van der Waals surface area contributed by atoms with Crippen molar-refractivity contribution >= 4 is 15.9 Å². The number of benzene rings is 1. The van der Waals surface area contributed by atoms with E-state index in [4.69, 9.17) is 9.47 Å². The van der Waals surface area contributed by atoms with Crippen LogP contribution in [0, 0.1) is 0 Å². The smallest absolute Gasteiger partial charge is 0.125 e. The van der Waals surface area contributed by atoms with Crippen LogP contribution in [-0.4, -0.2) is 12.7 Å². The SMILES string of the molecule is Brc1ccc2c(c1)C1OC1CCO2. The van der Waals surface area contributed by atoms with Gasteiger partial charge in [-0.05, 0) is 18.2 Å². The molecule has 2 atom stereocenters. The second-order valence-corrected chi connectivity index (χ2v) is 4.33. The summed E-state index contributed by atoms with van der Waals surface area (Å²) in [7, 11) is 0. The molecule has 3 heteroatoms. The molecular weight excluding hydrogens is 232 g/mol. The number of hydrogen-bond donors (Lipinski definition) is 0. The lowest BCUT2D eigenvalue weighted by atomic mass is 10.1. The maximum atomic E-state index is 5.60. The normalized spacial score (nSPS) is 29.6. The molecule has 1 aromatic rings. The van der Waals surface area contributed by atoms with Crippen molar-refractivity contribution in [3.8, 4) is 5.75 Å². The van der Waals surface area contributed by atoms with Crippen LogP contribution in [0.1, 0.15) is 18.1 Å². The third-order valence-corrected chi connectivity index (χ3v) is 3.01. The van der Waals surface area contributed by atoms with Gasteiger partial charge in [-0.2, -0.15) is 0 Å². The number of epoxide rings is 1. The third kappa shape index (κ3) is 1.27. The number of fused-ring (bicyclic) bond motifs is 3. The molecule has 2 aliphatic rings. The molecule has 68 valence electrons. The van der Waals surface area contributed by atoms with Crippen LogP contribution in [0.25, 0.3) is 0 Å². The topological polar surface area (TPSA) is 21.8 Å². The first kappa shape index (κ1) is 7.83. The van der Waals surface area contributed by atoms with Gasteiger partial charge in [0.15, 0.2) is 0 Å². The summed E-state index contributed by atoms with van der Waals surface area (Å²) in [5.41, 5.74) is 1.19. The summed E-state index contributed by atoms with van der Waals surface area (Å²) in [5.74, 6) is 0.980. The summed E-state index contributed by atoms with van der Waals surface area (Å²) in [5, 5.41) is 0. The number of ether oxygens (including phenoxy) is 2. The van der Waals surface area contributed by atoms with Crippen LogP contribution in [0.5, 0.6) is 5.75 Å². The van der Waals surface area contributed by atoms with E-state index in [1.54, 1.807) is 0 Å². The Bertz CT molecular complexity index is 351. The standard InChI is InChI=1S/C10H9BrO2/c11-6-1-2-8-7(5-6)10-9(13-10)3-4-12-8/h1-2,5,9-10H,3-4H2. The maximum Gasteiger partial charge on any atom is 0.125 e. The van der Waals surface area contributed by atoms with Gasteiger partial charge in [-0.15, -0.1) is 0 Å². The highest BCUT2D eigenvalue weighted by Gasteiger charge is 2.43. The first-order valence-electron chi connectivity index (χ1n) is 4.42. The molecule has 0 N–H and O–H groups in total. The molecule has 3 rings (SSSR count). The summed E-state index contributed by atoms with van der Waals surface area (Å²) >= 11 is 3.45. The van der Waals surface area contributed by atoms with Crippen molar-refractivity contribution in [2.75, 3.05) is 6.61 Å². The fourth-order valence-electron chi connectivity index (χ4n) is 1.79. The van der Waals surface area contributed by atoms with Crippen molar-refractivity contribution in [3.05, 3.63) is 28.2 Å². The Kier molecular flexibility index (Phi) is 1.64. The Labute approximate surface area is 85.0 Å². The molecular formula is C10H9BrO2. The summed E-state index contributed by atoms with van der Waals surface area (Å²) in [6.45, 7) is 0.774. The van der Waals surface area contributed by atoms with E-state index in [2.05, 4.69) is 22.0 Å². The minimum atomic E-state index is 0.287. The van der Waals surface area contributed by atoms with Gasteiger partial charge in [0.1, 0.15) is 11.9 Å². The van der Waals surface area contributed by atoms with Crippen LogP contribution >= 0.6 is 15.9 Å². The van der Waals surface area contributed by atoms with Gasteiger partial charge in [-0.25, -0.2) is 0 Å². The summed E-state index contributed by atoms with van der Waals surface area (Å²) in [4.78, 5) is 0. The number of halogens is 1. The Balaban J connectivity index is 2.09. The van der Waals surface area contributed by atoms with Crippen LogP contribution in [0.4, 0.5) is 0 Å². The zero-order valence-electron chi connectivity index (χ0n) is 7.00. The van der Waals surface area contributed by atoms with Gasteiger partial charge in [0.2, 0.25) is 0 Å². The average Bonchev–Trinajstić information content (AvgIpc) is 2.85. The van der Waals surface area contributed by atoms with E-state index in [1.807, 2.05) is 12.1 Å². The molecule has 2 nitrogen and oxygen atoms in total. The van der Waals surface area contributed by atoms with Crippen molar-refractivity contribution in [2.45, 2.75) is 18.6 Å². The fourth-order valence-corrected chi connectivity index (χ4v) is 2.17. The molecule has 0 saturated carbocycles. The molecule has 0 bridgehead atoms. The quantitative estimate of drug-likeness (QED) is 0.651. The van der Waals surface area contributed by atoms with Crippen molar-refractivity contribution in [1.82, 2.24) is 0 Å². The van der Waals surface area contributed by atoms with E-state index in [-0.39, 0.29) is 6.10 Å². The zero-order valence-corrected chi connectivity index (χ0v) is 8.58. The van der Waals surface area contributed by atoms with Gasteiger partial charge in [-0.1, -0.05) is 15.9 Å². The first-order valence-corrected chi connectivity index (χ1v) is 5.21. The number of rotatable bonds is 0. The first-order chi connectivity index (χ1) is 6.34. The monoisotopic (exact) mass is 240 g/mol. The lowest BCUT2D eigenvalue weighted by Crippen LogP contribution is -1.98. The molecule has 0 amide bonds. The molecule has 2 heterocycles. The molecule has 2 unspecified atom stereocenters. The minimum Gasteiger partial charge on any atom is -0.493 e. The molecule has 0 radical (unpaired) electrons. The molecule has 0 aromatic heterocycles. The molecule has 1 fully saturated rings. The maximum absolute atomic E-state index is 5.60. The van der Waals surface area contributed by atoms with Crippen molar-refractivity contribution in [2.24, 2.45) is 0 Å². The van der Waals surface area contributed by atoms with Crippen molar-refractivity contribution < 1.29 is 9.47 Å². The van der Waals surface area contributed by atoms with Crippen LogP contribution in [0.15, 0.2) is 22.7 Å². The van der Waals surface area contributed by atoms with Crippen LogP contribution in [-0.2, 0) is 4.74 Å². The zero-order chi connectivity index (χ0) is 8.84. The second kappa shape index (κ2) is 2.72. The van der Waals surface area contributed by atoms with Gasteiger partial charge in [0.25, 0.3) is 0 Å². The molecule has 1 saturated heterocycles. The average molecular weight is 241 g/mol. The fraction of sp³-hybridized carbons (Fsp3) is 0.400. The van der Waals surface area contributed by atoms with Crippen molar-refractivity contribution in [1.29, 1.82) is 0 Å². The molecule has 13 heavy (non-hydrogen) atoms. The highest BCUT2D eigenvalue weighted by Crippen LogP contribution is 2.47. The number of hydrogen-bond acceptors (Lipinski definition) is 2. The highest BCUT2D eigenvalue weighted by atomic mass is 79.9. The minimum absolute atomic E-state index is 0.287. The predicted molar refractivity (Wildman–Crippen MR) is 51.9 cm³/mol. The van der Waals surface area contributed by atoms with E-state index in [0.717, 1.165) is 23.2 Å². The lowest BCUT2D eigenvalue weighted by molar-refractivity contribution is 0.267. The Hall–Kier alpha value is -0.540. The van der Waals surface area contributed by atoms with E-state index in [1.165, 1.54) is 5.56 Å². The van der Waals surface area contributed by atoms with Crippen LogP contribution in [0.3, 0.4) is 0 Å². The Morgan fingerprint density at radius 1 is 1.38 bits per heavy atom. The predicted octanol–water partition coefficient (Wildman–Crippen LogP) is 2.67. The van der Waals surface area contributed by atoms with Gasteiger partial charge in [0.05, 0.1) is 12.7 Å². The lowest BCUT2D eigenvalue weighted by Gasteiger charge is -2.07. The Morgan fingerprint density at radius 3 is 3.23 bits per heavy atom. The van der Waals surface area contributed by atoms with Gasteiger partial charge in [0, 0.05) is 16.5 Å². The van der Waals surface area contributed by atoms with Crippen LogP contribution < -0.4 is 4.74 Å². The largest absolute Gasteiger partial charge is 0.493 e. The summed E-state index contributed by atoms with van der Waals surface area (Å²) in [6.07, 6.45) is 1.70. The molecule has 2 aliphatic heterocycles. The van der Waals surface area contributed by atoms with E-state index in [9.17, 15) is 0 Å². The van der Waals surface area contributed by atoms with E-state index >= 15 is 0 Å². The Morgan fingerprint density at radius 2 is 2.31 bits per heavy atom. The van der Waals surface area contributed by atoms with Crippen LogP contribution in [0.2, 0.25) is 0 Å². The van der Waals surface area contributed by atoms with E-state index in [0.29, 0.717) is 6.10 Å². The summed E-state index contributed by atoms with van der Waals surface area (Å²) < 4.78 is 12.2. The van der Waals surface area contributed by atoms with Crippen molar-refractivity contribution in [3.63, 3.8) is 0 Å². The highest BCUT2D eigenvalue weighted by molar-refractivity contribution is 9.10. The van der Waals surface area contributed by atoms with Gasteiger partial charge >= 0.3 is 0 Å². The van der Waals surface area contributed by atoms with Gasteiger partial charge < -0.3 is 9.47 Å². The van der Waals surface area contributed by atoms with Gasteiger partial charge in [-0.3, -0.25) is 0 Å².